The summed E-state index contributed by atoms with van der Waals surface area (Å²) in [6, 6.07) is 5.53. The molecule has 0 bridgehead atoms. The highest BCUT2D eigenvalue weighted by Crippen LogP contribution is 2.41. The van der Waals surface area contributed by atoms with Crippen LogP contribution >= 0.6 is 0 Å². The van der Waals surface area contributed by atoms with Crippen molar-refractivity contribution in [2.24, 2.45) is 16.8 Å². The molecule has 0 spiro atoms. The minimum absolute atomic E-state index is 0.0523. The van der Waals surface area contributed by atoms with Crippen LogP contribution in [-0.4, -0.2) is 88.6 Å². The minimum Gasteiger partial charge on any atom is -0.504 e. The zero-order chi connectivity index (χ0) is 33.6. The van der Waals surface area contributed by atoms with E-state index in [9.17, 15) is 20.4 Å². The Morgan fingerprint density at radius 1 is 1.15 bits per heavy atom. The van der Waals surface area contributed by atoms with Gasteiger partial charge in [-0.25, -0.2) is 0 Å². The molecule has 4 rings (SSSR count). The topological polar surface area (TPSA) is 139 Å². The molecule has 1 aliphatic carbocycles. The molecule has 7 N–H and O–H groups in total. The molecular weight excluding hydrogens is 594 g/mol. The molecule has 1 saturated carbocycles. The van der Waals surface area contributed by atoms with E-state index in [1.807, 2.05) is 18.3 Å². The standard InChI is InChI=1S/C38H59N3O6/c1-4-6-13-36-30(24-43)20-31(47-36)16-14-27-15-17-35(45)37(19-27)46-25-34(39-5-2)33-21-29(23-41-33)38(28-10-7-8-11-28)32(12-9-18-42)40-22-26(3)44/h15,17,19-21,23,26,28,32,34,36,38-40,42-44,47H,4-14,16,18,22,24-25H2,1-3H3/p+1/t26-,32-,34-,36?,38-/m0/s1. The monoisotopic (exact) mass is 654 g/mol. The molecule has 0 amide bonds. The highest BCUT2D eigenvalue weighted by atomic mass is 16.5. The molecule has 5 atom stereocenters. The van der Waals surface area contributed by atoms with Crippen LogP contribution in [0.15, 0.2) is 46.6 Å². The molecule has 262 valence electrons. The van der Waals surface area contributed by atoms with E-state index in [0.717, 1.165) is 68.0 Å². The van der Waals surface area contributed by atoms with Gasteiger partial charge in [-0.05, 0) is 82.0 Å². The van der Waals surface area contributed by atoms with Gasteiger partial charge in [-0.1, -0.05) is 39.2 Å². The molecule has 1 unspecified atom stereocenters. The summed E-state index contributed by atoms with van der Waals surface area (Å²) in [5.74, 6) is 2.55. The van der Waals surface area contributed by atoms with Gasteiger partial charge in [-0.15, -0.1) is 16.6 Å². The maximum absolute atomic E-state index is 10.7. The normalized spacial score (nSPS) is 20.9. The molecular formula is C38H60N3O6+. The molecule has 9 nitrogen and oxygen atoms in total. The number of aliphatic hydroxyl groups excluding tert-OH is 3. The Morgan fingerprint density at radius 3 is 2.66 bits per heavy atom. The molecule has 3 aliphatic rings. The third kappa shape index (κ3) is 11.0. The average Bonchev–Trinajstić information content (AvgIpc) is 3.85. The van der Waals surface area contributed by atoms with E-state index in [1.165, 1.54) is 31.6 Å². The number of aliphatic hydroxyl groups is 5. The lowest BCUT2D eigenvalue weighted by atomic mass is 9.74. The summed E-state index contributed by atoms with van der Waals surface area (Å²) in [4.78, 5) is 4.88. The van der Waals surface area contributed by atoms with Crippen molar-refractivity contribution in [3.63, 3.8) is 0 Å². The van der Waals surface area contributed by atoms with Gasteiger partial charge < -0.3 is 35.2 Å². The average molecular weight is 655 g/mol. The number of hydrogen-bond acceptors (Lipinski definition) is 8. The van der Waals surface area contributed by atoms with E-state index in [4.69, 9.17) is 14.5 Å². The van der Waals surface area contributed by atoms with Crippen LogP contribution in [0.25, 0.3) is 0 Å². The van der Waals surface area contributed by atoms with Crippen LogP contribution in [0.5, 0.6) is 11.5 Å². The number of benzene rings is 1. The molecule has 9 heteroatoms. The van der Waals surface area contributed by atoms with Gasteiger partial charge in [0.15, 0.2) is 23.2 Å². The number of aliphatic imine (C=N–C) groups is 1. The zero-order valence-electron chi connectivity index (χ0n) is 28.8. The Kier molecular flexibility index (Phi) is 15.4. The van der Waals surface area contributed by atoms with Crippen molar-refractivity contribution in [2.45, 2.75) is 116 Å². The second kappa shape index (κ2) is 19.5. The van der Waals surface area contributed by atoms with Gasteiger partial charge in [0, 0.05) is 32.2 Å². The summed E-state index contributed by atoms with van der Waals surface area (Å²) in [6.45, 7) is 7.82. The zero-order valence-corrected chi connectivity index (χ0v) is 28.8. The summed E-state index contributed by atoms with van der Waals surface area (Å²) in [7, 11) is 0. The van der Waals surface area contributed by atoms with Crippen LogP contribution in [0.3, 0.4) is 0 Å². The van der Waals surface area contributed by atoms with Crippen molar-refractivity contribution in [2.75, 3.05) is 32.9 Å². The number of ether oxygens (including phenoxy) is 2. The summed E-state index contributed by atoms with van der Waals surface area (Å²) < 4.78 is 11.1. The Bertz CT molecular complexity index is 1160. The van der Waals surface area contributed by atoms with Crippen LogP contribution in [0, 0.1) is 23.9 Å². The molecule has 0 saturated heterocycles. The number of aromatic hydroxyl groups is 1. The summed E-state index contributed by atoms with van der Waals surface area (Å²) in [5.41, 5.74) is 2.98. The van der Waals surface area contributed by atoms with Gasteiger partial charge in [-0.2, -0.15) is 0 Å². The summed E-state index contributed by atoms with van der Waals surface area (Å²) in [5, 5.41) is 47.2. The van der Waals surface area contributed by atoms with Gasteiger partial charge in [0.05, 0.1) is 18.1 Å². The highest BCUT2D eigenvalue weighted by molar-refractivity contribution is 5.83. The summed E-state index contributed by atoms with van der Waals surface area (Å²) >= 11 is 0. The highest BCUT2D eigenvalue weighted by Gasteiger charge is 2.43. The second-order valence-electron chi connectivity index (χ2n) is 13.5. The largest absolute Gasteiger partial charge is 0.504 e. The third-order valence-electron chi connectivity index (χ3n) is 9.77. The molecule has 0 radical (unpaired) electrons. The van der Waals surface area contributed by atoms with Crippen molar-refractivity contribution in [3.05, 3.63) is 59.2 Å². The van der Waals surface area contributed by atoms with Gasteiger partial charge in [-0.3, -0.25) is 5.32 Å². The molecule has 47 heavy (non-hydrogen) atoms. The number of nitrogens with one attached hydrogen (secondary N) is 2. The van der Waals surface area contributed by atoms with E-state index < -0.39 is 6.10 Å². The van der Waals surface area contributed by atoms with Crippen LogP contribution in [0.4, 0.5) is 0 Å². The fourth-order valence-electron chi connectivity index (χ4n) is 7.29. The first-order valence-corrected chi connectivity index (χ1v) is 18.1. The number of phenolic OH excluding ortho intramolecular Hbond substituents is 1. The molecule has 2 aliphatic heterocycles. The molecule has 1 aromatic carbocycles. The van der Waals surface area contributed by atoms with Crippen LogP contribution in [0.2, 0.25) is 0 Å². The fraction of sp³-hybridized carbons (Fsp3) is 0.658. The van der Waals surface area contributed by atoms with E-state index in [0.29, 0.717) is 31.2 Å². The quantitative estimate of drug-likeness (QED) is 0.0788. The maximum Gasteiger partial charge on any atom is 0.196 e. The minimum atomic E-state index is -0.440. The van der Waals surface area contributed by atoms with Crippen molar-refractivity contribution < 1.29 is 29.9 Å². The van der Waals surface area contributed by atoms with Crippen molar-refractivity contribution in [3.8, 4) is 11.5 Å². The van der Waals surface area contributed by atoms with E-state index in [1.54, 1.807) is 13.0 Å². The van der Waals surface area contributed by atoms with Gasteiger partial charge in [0.2, 0.25) is 0 Å². The number of phenols is 1. The van der Waals surface area contributed by atoms with Gasteiger partial charge >= 0.3 is 0 Å². The molecule has 2 heterocycles. The predicted molar refractivity (Wildman–Crippen MR) is 188 cm³/mol. The summed E-state index contributed by atoms with van der Waals surface area (Å²) in [6.07, 6.45) is 18.0. The molecule has 1 fully saturated rings. The van der Waals surface area contributed by atoms with Gasteiger partial charge in [0.25, 0.3) is 0 Å². The van der Waals surface area contributed by atoms with Crippen molar-refractivity contribution in [1.82, 2.24) is 10.6 Å². The first kappa shape index (κ1) is 37.3. The lowest BCUT2D eigenvalue weighted by Crippen LogP contribution is -2.44. The number of nitrogens with zero attached hydrogens (tertiary/aromatic N) is 1. The van der Waals surface area contributed by atoms with E-state index >= 15 is 0 Å². The number of aryl methyl sites for hydroxylation is 1. The predicted octanol–water partition coefficient (Wildman–Crippen LogP) is 4.69. The third-order valence-corrected chi connectivity index (χ3v) is 9.77. The number of likely N-dealkylation sites (N-methyl/N-ethyl adjacent to an activating group) is 1. The van der Waals surface area contributed by atoms with Crippen molar-refractivity contribution >= 4 is 6.21 Å². The smallest absolute Gasteiger partial charge is 0.196 e. The first-order chi connectivity index (χ1) is 22.9. The van der Waals surface area contributed by atoms with Crippen molar-refractivity contribution in [1.29, 1.82) is 0 Å². The van der Waals surface area contributed by atoms with E-state index in [2.05, 4.69) is 36.6 Å². The fourth-order valence-corrected chi connectivity index (χ4v) is 7.29. The number of unbranched alkanes of at least 4 members (excludes halogenated alkanes) is 1. The second-order valence-corrected chi connectivity index (χ2v) is 13.5. The SMILES string of the molecule is CCCCC1[OH+][C-](CCc2ccc(O)c(OC[C@H](NCC)C3=C[C+]([C@H](C4CCCC4)[C@H](CCCO)NC[C@H](C)O)C=N3)c2)C=C1CO. The maximum atomic E-state index is 10.7. The lowest BCUT2D eigenvalue weighted by Gasteiger charge is -2.31. The Labute approximate surface area is 282 Å². The van der Waals surface area contributed by atoms with Crippen LogP contribution in [0.1, 0.15) is 90.5 Å². The Balaban J connectivity index is 1.41. The van der Waals surface area contributed by atoms with E-state index in [-0.39, 0.29) is 43.1 Å². The first-order valence-electron chi connectivity index (χ1n) is 18.1. The van der Waals surface area contributed by atoms with Crippen LogP contribution in [-0.2, 0) is 6.42 Å². The number of hydrogen-bond donors (Lipinski definition) is 6. The Hall–Kier alpha value is -2.53. The molecule has 0 aromatic heterocycles. The number of allylic oxidation sites excluding steroid dienone is 1. The Morgan fingerprint density at radius 2 is 1.96 bits per heavy atom. The number of rotatable bonds is 22. The van der Waals surface area contributed by atoms with Gasteiger partial charge in [0.1, 0.15) is 30.9 Å². The van der Waals surface area contributed by atoms with Crippen LogP contribution < -0.4 is 15.4 Å². The molecule has 1 aromatic rings. The lowest BCUT2D eigenvalue weighted by molar-refractivity contribution is -0.0550.